The molecule has 0 heterocycles. The molecule has 0 radical (unpaired) electrons. The number of hydrazine groups is 1. The highest BCUT2D eigenvalue weighted by Crippen LogP contribution is 1.90. The predicted octanol–water partition coefficient (Wildman–Crippen LogP) is -0.256. The summed E-state index contributed by atoms with van der Waals surface area (Å²) in [5.41, 5.74) is 0. The van der Waals surface area contributed by atoms with E-state index in [1.54, 1.807) is 0 Å². The summed E-state index contributed by atoms with van der Waals surface area (Å²) in [6.45, 7) is 3.73. The normalized spacial score (nSPS) is 10.1. The third kappa shape index (κ3) is 2.80. The molecule has 0 bridgehead atoms. The van der Waals surface area contributed by atoms with E-state index >= 15 is 0 Å². The van der Waals surface area contributed by atoms with Crippen LogP contribution in [0.15, 0.2) is 0 Å². The van der Waals surface area contributed by atoms with Crippen molar-refractivity contribution in [1.82, 2.24) is 5.01 Å². The first-order valence-corrected chi connectivity index (χ1v) is 3.15. The van der Waals surface area contributed by atoms with E-state index < -0.39 is 0 Å². The Bertz CT molecular complexity index is 114. The van der Waals surface area contributed by atoms with E-state index in [4.69, 9.17) is 5.84 Å². The van der Waals surface area contributed by atoms with Gasteiger partial charge in [0.1, 0.15) is 6.61 Å². The maximum atomic E-state index is 10.9. The zero-order chi connectivity index (χ0) is 8.15. The first-order valence-electron chi connectivity index (χ1n) is 3.15. The monoisotopic (exact) mass is 146 g/mol. The van der Waals surface area contributed by atoms with Crippen molar-refractivity contribution < 1.29 is 9.53 Å². The van der Waals surface area contributed by atoms with Crippen LogP contribution >= 0.6 is 0 Å². The summed E-state index contributed by atoms with van der Waals surface area (Å²) in [5, 5.41) is 1.16. The quantitative estimate of drug-likeness (QED) is 0.339. The van der Waals surface area contributed by atoms with Crippen LogP contribution in [-0.2, 0) is 9.53 Å². The number of methoxy groups -OCH3 is 1. The Hall–Kier alpha value is -0.610. The molecule has 4 heteroatoms. The third-order valence-corrected chi connectivity index (χ3v) is 1.11. The highest BCUT2D eigenvalue weighted by atomic mass is 16.5. The summed E-state index contributed by atoms with van der Waals surface area (Å²) in [7, 11) is 1.46. The number of carbonyl (C=O) groups excluding carboxylic acids is 1. The van der Waals surface area contributed by atoms with Gasteiger partial charge in [-0.25, -0.2) is 5.84 Å². The minimum Gasteiger partial charge on any atom is -0.375 e. The van der Waals surface area contributed by atoms with E-state index in [0.29, 0.717) is 0 Å². The molecule has 0 fully saturated rings. The zero-order valence-corrected chi connectivity index (χ0v) is 6.63. The number of hydrogen-bond acceptors (Lipinski definition) is 3. The summed E-state index contributed by atoms with van der Waals surface area (Å²) < 4.78 is 4.60. The Balaban J connectivity index is 3.71. The van der Waals surface area contributed by atoms with Gasteiger partial charge >= 0.3 is 0 Å². The number of amides is 1. The van der Waals surface area contributed by atoms with Crippen molar-refractivity contribution in [2.75, 3.05) is 13.7 Å². The molecule has 0 atom stereocenters. The Morgan fingerprint density at radius 1 is 1.70 bits per heavy atom. The van der Waals surface area contributed by atoms with Crippen molar-refractivity contribution in [3.63, 3.8) is 0 Å². The summed E-state index contributed by atoms with van der Waals surface area (Å²) >= 11 is 0. The SMILES string of the molecule is COCC(=O)N(N)C(C)C. The van der Waals surface area contributed by atoms with Crippen LogP contribution in [0.5, 0.6) is 0 Å². The molecule has 0 aliphatic heterocycles. The van der Waals surface area contributed by atoms with Gasteiger partial charge in [0.15, 0.2) is 0 Å². The molecular weight excluding hydrogens is 132 g/mol. The number of ether oxygens (including phenoxy) is 1. The second kappa shape index (κ2) is 4.24. The minimum atomic E-state index is -0.197. The van der Waals surface area contributed by atoms with Crippen LogP contribution in [-0.4, -0.2) is 30.7 Å². The van der Waals surface area contributed by atoms with E-state index in [-0.39, 0.29) is 18.6 Å². The number of nitrogens with zero attached hydrogens (tertiary/aromatic N) is 1. The maximum Gasteiger partial charge on any atom is 0.262 e. The van der Waals surface area contributed by atoms with Gasteiger partial charge in [-0.15, -0.1) is 0 Å². The summed E-state index contributed by atoms with van der Waals surface area (Å²) in [4.78, 5) is 10.9. The fourth-order valence-electron chi connectivity index (χ4n) is 0.486. The fraction of sp³-hybridized carbons (Fsp3) is 0.833. The molecule has 0 aromatic rings. The fourth-order valence-corrected chi connectivity index (χ4v) is 0.486. The summed E-state index contributed by atoms with van der Waals surface area (Å²) in [6, 6.07) is 0.0302. The summed E-state index contributed by atoms with van der Waals surface area (Å²) in [5.74, 6) is 5.15. The average Bonchev–Trinajstić information content (AvgIpc) is 1.87. The van der Waals surface area contributed by atoms with Gasteiger partial charge in [-0.05, 0) is 13.8 Å². The second-order valence-corrected chi connectivity index (χ2v) is 2.33. The van der Waals surface area contributed by atoms with Crippen LogP contribution in [0.25, 0.3) is 0 Å². The molecule has 0 aromatic carbocycles. The maximum absolute atomic E-state index is 10.9. The minimum absolute atomic E-state index is 0.0302. The van der Waals surface area contributed by atoms with Crippen LogP contribution in [0, 0.1) is 0 Å². The number of hydrogen-bond donors (Lipinski definition) is 1. The molecule has 10 heavy (non-hydrogen) atoms. The number of nitrogens with two attached hydrogens (primary N) is 1. The van der Waals surface area contributed by atoms with Crippen molar-refractivity contribution in [2.24, 2.45) is 5.84 Å². The van der Waals surface area contributed by atoms with E-state index in [9.17, 15) is 4.79 Å². The molecule has 0 aliphatic rings. The van der Waals surface area contributed by atoms with Crippen LogP contribution in [0.3, 0.4) is 0 Å². The van der Waals surface area contributed by atoms with Crippen molar-refractivity contribution in [3.8, 4) is 0 Å². The smallest absolute Gasteiger partial charge is 0.262 e. The lowest BCUT2D eigenvalue weighted by Crippen LogP contribution is -2.44. The Morgan fingerprint density at radius 2 is 2.20 bits per heavy atom. The zero-order valence-electron chi connectivity index (χ0n) is 6.63. The Labute approximate surface area is 60.9 Å². The highest BCUT2D eigenvalue weighted by molar-refractivity contribution is 5.76. The van der Waals surface area contributed by atoms with E-state index in [0.717, 1.165) is 5.01 Å². The molecule has 0 aliphatic carbocycles. The molecule has 0 aromatic heterocycles. The standard InChI is InChI=1S/C6H14N2O2/c1-5(2)8(7)6(9)4-10-3/h5H,4,7H2,1-3H3. The van der Waals surface area contributed by atoms with Crippen molar-refractivity contribution in [3.05, 3.63) is 0 Å². The Kier molecular flexibility index (Phi) is 3.99. The lowest BCUT2D eigenvalue weighted by molar-refractivity contribution is -0.137. The van der Waals surface area contributed by atoms with Gasteiger partial charge < -0.3 is 4.74 Å². The largest absolute Gasteiger partial charge is 0.375 e. The molecule has 1 amide bonds. The van der Waals surface area contributed by atoms with Crippen molar-refractivity contribution in [2.45, 2.75) is 19.9 Å². The van der Waals surface area contributed by atoms with E-state index in [1.165, 1.54) is 7.11 Å². The number of carbonyl (C=O) groups is 1. The molecular formula is C6H14N2O2. The average molecular weight is 146 g/mol. The predicted molar refractivity (Wildman–Crippen MR) is 38.0 cm³/mol. The van der Waals surface area contributed by atoms with Crippen LogP contribution in [0.1, 0.15) is 13.8 Å². The molecule has 2 N–H and O–H groups in total. The van der Waals surface area contributed by atoms with E-state index in [1.807, 2.05) is 13.8 Å². The molecule has 0 rings (SSSR count). The topological polar surface area (TPSA) is 55.6 Å². The van der Waals surface area contributed by atoms with Gasteiger partial charge in [0.2, 0.25) is 0 Å². The van der Waals surface area contributed by atoms with E-state index in [2.05, 4.69) is 4.74 Å². The molecule has 4 nitrogen and oxygen atoms in total. The van der Waals surface area contributed by atoms with Gasteiger partial charge in [0.05, 0.1) is 0 Å². The molecule has 0 unspecified atom stereocenters. The van der Waals surface area contributed by atoms with Gasteiger partial charge in [0, 0.05) is 13.2 Å². The van der Waals surface area contributed by atoms with Crippen LogP contribution in [0.2, 0.25) is 0 Å². The first kappa shape index (κ1) is 9.39. The lowest BCUT2D eigenvalue weighted by Gasteiger charge is -2.19. The highest BCUT2D eigenvalue weighted by Gasteiger charge is 2.10. The molecule has 0 saturated heterocycles. The second-order valence-electron chi connectivity index (χ2n) is 2.33. The van der Waals surface area contributed by atoms with Gasteiger partial charge in [-0.1, -0.05) is 0 Å². The van der Waals surface area contributed by atoms with Gasteiger partial charge in [-0.3, -0.25) is 9.80 Å². The molecule has 60 valence electrons. The summed E-state index contributed by atoms with van der Waals surface area (Å²) in [6.07, 6.45) is 0. The van der Waals surface area contributed by atoms with Crippen molar-refractivity contribution >= 4 is 5.91 Å². The van der Waals surface area contributed by atoms with Crippen LogP contribution < -0.4 is 5.84 Å². The van der Waals surface area contributed by atoms with Gasteiger partial charge in [-0.2, -0.15) is 0 Å². The lowest BCUT2D eigenvalue weighted by atomic mass is 10.4. The van der Waals surface area contributed by atoms with Crippen molar-refractivity contribution in [1.29, 1.82) is 0 Å². The Morgan fingerprint density at radius 3 is 2.50 bits per heavy atom. The third-order valence-electron chi connectivity index (χ3n) is 1.11. The first-order chi connectivity index (χ1) is 4.59. The number of rotatable bonds is 3. The van der Waals surface area contributed by atoms with Gasteiger partial charge in [0.25, 0.3) is 5.91 Å². The van der Waals surface area contributed by atoms with Crippen LogP contribution in [0.4, 0.5) is 0 Å². The molecule has 0 saturated carbocycles. The molecule has 0 spiro atoms.